The minimum Gasteiger partial charge on any atom is -0.481 e. The predicted molar refractivity (Wildman–Crippen MR) is 60.9 cm³/mol. The summed E-state index contributed by atoms with van der Waals surface area (Å²) in [5.41, 5.74) is 0. The Kier molecular flexibility index (Phi) is 9.59. The molecule has 0 heterocycles. The number of unbranched alkanes of at least 4 members (excludes halogenated alkanes) is 4. The molecule has 90 valence electrons. The molecular weight excluding hydrogens is 192 g/mol. The second-order valence-electron chi connectivity index (χ2n) is 4.14. The zero-order valence-electron chi connectivity index (χ0n) is 9.74. The van der Waals surface area contributed by atoms with Crippen LogP contribution in [-0.4, -0.2) is 22.3 Å². The first-order valence-electron chi connectivity index (χ1n) is 6.06. The number of aliphatic carboxylic acids is 1. The van der Waals surface area contributed by atoms with Gasteiger partial charge in [-0.05, 0) is 19.3 Å². The highest BCUT2D eigenvalue weighted by molar-refractivity contribution is 5.66. The molecule has 2 N–H and O–H groups in total. The molecule has 1 atom stereocenters. The molecule has 0 aliphatic rings. The van der Waals surface area contributed by atoms with Crippen LogP contribution in [0.5, 0.6) is 0 Å². The summed E-state index contributed by atoms with van der Waals surface area (Å²) < 4.78 is 0. The number of carboxylic acids is 1. The van der Waals surface area contributed by atoms with Crippen molar-refractivity contribution in [3.05, 3.63) is 0 Å². The maximum absolute atomic E-state index is 10.2. The standard InChI is InChI=1S/C12H24O3/c1-2-3-4-5-8-11(13)9-6-7-10-12(14)15/h11,13H,2-10H2,1H3,(H,14,15). The molecule has 0 saturated carbocycles. The van der Waals surface area contributed by atoms with E-state index in [1.165, 1.54) is 19.3 Å². The Labute approximate surface area is 92.5 Å². The van der Waals surface area contributed by atoms with Gasteiger partial charge in [-0.2, -0.15) is 0 Å². The number of carboxylic acid groups (broad SMARTS) is 1. The zero-order chi connectivity index (χ0) is 11.5. The third kappa shape index (κ3) is 11.4. The summed E-state index contributed by atoms with van der Waals surface area (Å²) in [6.45, 7) is 2.17. The van der Waals surface area contributed by atoms with E-state index in [2.05, 4.69) is 6.92 Å². The predicted octanol–water partition coefficient (Wildman–Crippen LogP) is 2.96. The topological polar surface area (TPSA) is 57.5 Å². The minimum atomic E-state index is -0.743. The molecule has 0 aromatic carbocycles. The van der Waals surface area contributed by atoms with Crippen molar-refractivity contribution < 1.29 is 15.0 Å². The van der Waals surface area contributed by atoms with E-state index < -0.39 is 5.97 Å². The highest BCUT2D eigenvalue weighted by Crippen LogP contribution is 2.11. The molecule has 1 unspecified atom stereocenters. The fourth-order valence-electron chi connectivity index (χ4n) is 1.61. The van der Waals surface area contributed by atoms with Gasteiger partial charge in [-0.15, -0.1) is 0 Å². The van der Waals surface area contributed by atoms with Gasteiger partial charge in [0.05, 0.1) is 6.10 Å². The lowest BCUT2D eigenvalue weighted by atomic mass is 10.0. The van der Waals surface area contributed by atoms with E-state index in [0.29, 0.717) is 6.42 Å². The molecule has 0 spiro atoms. The normalized spacial score (nSPS) is 12.7. The molecule has 0 saturated heterocycles. The van der Waals surface area contributed by atoms with Gasteiger partial charge in [0.1, 0.15) is 0 Å². The first-order valence-corrected chi connectivity index (χ1v) is 6.06. The molecule has 0 aliphatic carbocycles. The lowest BCUT2D eigenvalue weighted by molar-refractivity contribution is -0.137. The minimum absolute atomic E-state index is 0.225. The lowest BCUT2D eigenvalue weighted by Crippen LogP contribution is -2.06. The van der Waals surface area contributed by atoms with Crippen molar-refractivity contribution in [1.29, 1.82) is 0 Å². The van der Waals surface area contributed by atoms with Crippen LogP contribution >= 0.6 is 0 Å². The molecular formula is C12H24O3. The van der Waals surface area contributed by atoms with Crippen LogP contribution in [0.1, 0.15) is 64.7 Å². The van der Waals surface area contributed by atoms with Crippen LogP contribution < -0.4 is 0 Å². The molecule has 3 heteroatoms. The quantitative estimate of drug-likeness (QED) is 0.552. The van der Waals surface area contributed by atoms with Crippen LogP contribution in [0.4, 0.5) is 0 Å². The van der Waals surface area contributed by atoms with Crippen LogP contribution in [0.15, 0.2) is 0 Å². The van der Waals surface area contributed by atoms with E-state index in [9.17, 15) is 9.90 Å². The summed E-state index contributed by atoms with van der Waals surface area (Å²) in [7, 11) is 0. The van der Waals surface area contributed by atoms with Gasteiger partial charge in [0.15, 0.2) is 0 Å². The fourth-order valence-corrected chi connectivity index (χ4v) is 1.61. The van der Waals surface area contributed by atoms with Gasteiger partial charge < -0.3 is 10.2 Å². The summed E-state index contributed by atoms with van der Waals surface area (Å²) in [6.07, 6.45) is 7.87. The lowest BCUT2D eigenvalue weighted by Gasteiger charge is -2.09. The molecule has 0 amide bonds. The van der Waals surface area contributed by atoms with E-state index in [-0.39, 0.29) is 12.5 Å². The van der Waals surface area contributed by atoms with Crippen LogP contribution in [0, 0.1) is 0 Å². The number of carbonyl (C=O) groups is 1. The monoisotopic (exact) mass is 216 g/mol. The Hall–Kier alpha value is -0.570. The van der Waals surface area contributed by atoms with Gasteiger partial charge in [-0.3, -0.25) is 4.79 Å². The summed E-state index contributed by atoms with van der Waals surface area (Å²) in [6, 6.07) is 0. The average molecular weight is 216 g/mol. The first kappa shape index (κ1) is 14.4. The first-order chi connectivity index (χ1) is 7.16. The van der Waals surface area contributed by atoms with Crippen LogP contribution in [-0.2, 0) is 4.79 Å². The molecule has 15 heavy (non-hydrogen) atoms. The van der Waals surface area contributed by atoms with Crippen LogP contribution in [0.3, 0.4) is 0 Å². The number of aliphatic hydroxyl groups is 1. The Morgan fingerprint density at radius 3 is 2.20 bits per heavy atom. The Morgan fingerprint density at radius 1 is 1.07 bits per heavy atom. The molecule has 0 aromatic heterocycles. The molecule has 0 radical (unpaired) electrons. The Morgan fingerprint density at radius 2 is 1.67 bits per heavy atom. The molecule has 0 aliphatic heterocycles. The van der Waals surface area contributed by atoms with Gasteiger partial charge in [-0.1, -0.05) is 39.0 Å². The Balaban J connectivity index is 3.18. The van der Waals surface area contributed by atoms with Crippen molar-refractivity contribution in [2.45, 2.75) is 70.8 Å². The second kappa shape index (κ2) is 9.97. The van der Waals surface area contributed by atoms with Gasteiger partial charge in [0.2, 0.25) is 0 Å². The largest absolute Gasteiger partial charge is 0.481 e. The van der Waals surface area contributed by atoms with Gasteiger partial charge in [-0.25, -0.2) is 0 Å². The van der Waals surface area contributed by atoms with Crippen molar-refractivity contribution in [2.75, 3.05) is 0 Å². The highest BCUT2D eigenvalue weighted by atomic mass is 16.4. The van der Waals surface area contributed by atoms with E-state index in [0.717, 1.165) is 25.7 Å². The van der Waals surface area contributed by atoms with Gasteiger partial charge in [0.25, 0.3) is 0 Å². The SMILES string of the molecule is CCCCCCC(O)CCCCC(=O)O. The van der Waals surface area contributed by atoms with Crippen molar-refractivity contribution >= 4 is 5.97 Å². The maximum Gasteiger partial charge on any atom is 0.303 e. The third-order valence-corrected chi connectivity index (χ3v) is 2.57. The number of aliphatic hydroxyl groups excluding tert-OH is 1. The van der Waals surface area contributed by atoms with Crippen molar-refractivity contribution in [1.82, 2.24) is 0 Å². The number of hydrogen-bond acceptors (Lipinski definition) is 2. The van der Waals surface area contributed by atoms with Crippen LogP contribution in [0.25, 0.3) is 0 Å². The van der Waals surface area contributed by atoms with E-state index in [4.69, 9.17) is 5.11 Å². The maximum atomic E-state index is 10.2. The molecule has 0 aromatic rings. The summed E-state index contributed by atoms with van der Waals surface area (Å²) >= 11 is 0. The van der Waals surface area contributed by atoms with Crippen LogP contribution in [0.2, 0.25) is 0 Å². The molecule has 0 fully saturated rings. The summed E-state index contributed by atoms with van der Waals surface area (Å²) in [4.78, 5) is 10.2. The van der Waals surface area contributed by atoms with Crippen molar-refractivity contribution in [3.63, 3.8) is 0 Å². The molecule has 0 rings (SSSR count). The molecule has 3 nitrogen and oxygen atoms in total. The molecule has 0 bridgehead atoms. The highest BCUT2D eigenvalue weighted by Gasteiger charge is 2.04. The summed E-state index contributed by atoms with van der Waals surface area (Å²) in [5.74, 6) is -0.743. The van der Waals surface area contributed by atoms with E-state index in [1.54, 1.807) is 0 Å². The zero-order valence-corrected chi connectivity index (χ0v) is 9.74. The number of hydrogen-bond donors (Lipinski definition) is 2. The van der Waals surface area contributed by atoms with E-state index >= 15 is 0 Å². The van der Waals surface area contributed by atoms with Gasteiger partial charge in [0, 0.05) is 6.42 Å². The smallest absolute Gasteiger partial charge is 0.303 e. The average Bonchev–Trinajstić information content (AvgIpc) is 2.19. The van der Waals surface area contributed by atoms with Gasteiger partial charge >= 0.3 is 5.97 Å². The van der Waals surface area contributed by atoms with Crippen molar-refractivity contribution in [2.24, 2.45) is 0 Å². The fraction of sp³-hybridized carbons (Fsp3) is 0.917. The van der Waals surface area contributed by atoms with E-state index in [1.807, 2.05) is 0 Å². The number of rotatable bonds is 10. The van der Waals surface area contributed by atoms with Crippen molar-refractivity contribution in [3.8, 4) is 0 Å². The second-order valence-corrected chi connectivity index (χ2v) is 4.14. The summed E-state index contributed by atoms with van der Waals surface area (Å²) in [5, 5.41) is 18.0. The Bertz CT molecular complexity index is 157. The third-order valence-electron chi connectivity index (χ3n) is 2.57.